The molecule has 0 radical (unpaired) electrons. The smallest absolute Gasteiger partial charge is 0.305 e. The van der Waals surface area contributed by atoms with Crippen molar-refractivity contribution in [1.29, 1.82) is 0 Å². The first kappa shape index (κ1) is 14.9. The molecule has 0 aliphatic carbocycles. The molecule has 0 amide bonds. The van der Waals surface area contributed by atoms with Crippen LogP contribution in [0.25, 0.3) is 0 Å². The van der Waals surface area contributed by atoms with Crippen LogP contribution in [0, 0.1) is 6.92 Å². The van der Waals surface area contributed by atoms with Crippen LogP contribution in [0.15, 0.2) is 22.7 Å². The van der Waals surface area contributed by atoms with Crippen LogP contribution in [0.1, 0.15) is 41.6 Å². The summed E-state index contributed by atoms with van der Waals surface area (Å²) in [5.41, 5.74) is 1.78. The number of carbonyl (C=O) groups excluding carboxylic acids is 2. The van der Waals surface area contributed by atoms with Crippen molar-refractivity contribution < 1.29 is 14.3 Å². The van der Waals surface area contributed by atoms with Crippen molar-refractivity contribution in [3.8, 4) is 0 Å². The molecule has 0 aromatic heterocycles. The van der Waals surface area contributed by atoms with Crippen molar-refractivity contribution >= 4 is 27.7 Å². The molecule has 0 saturated carbocycles. The van der Waals surface area contributed by atoms with Gasteiger partial charge in [0.15, 0.2) is 5.78 Å². The van der Waals surface area contributed by atoms with Crippen molar-refractivity contribution in [3.05, 3.63) is 33.8 Å². The zero-order valence-electron chi connectivity index (χ0n) is 10.7. The molecule has 0 N–H and O–H groups in total. The molecule has 4 heteroatoms. The number of unbranched alkanes of at least 4 members (excludes halogenated alkanes) is 1. The maximum absolute atomic E-state index is 11.9. The molecule has 18 heavy (non-hydrogen) atoms. The summed E-state index contributed by atoms with van der Waals surface area (Å²) in [5.74, 6) is -0.0996. The highest BCUT2D eigenvalue weighted by Crippen LogP contribution is 2.18. The average Bonchev–Trinajstić information content (AvgIpc) is 2.37. The fraction of sp³-hybridized carbons (Fsp3) is 0.429. The summed E-state index contributed by atoms with van der Waals surface area (Å²) in [6.07, 6.45) is 2.25. The quantitative estimate of drug-likeness (QED) is 0.457. The summed E-state index contributed by atoms with van der Waals surface area (Å²) in [6.45, 7) is 1.96. The first-order chi connectivity index (χ1) is 8.54. The number of hydrogen-bond acceptors (Lipinski definition) is 3. The van der Waals surface area contributed by atoms with E-state index >= 15 is 0 Å². The first-order valence-corrected chi connectivity index (χ1v) is 6.70. The van der Waals surface area contributed by atoms with E-state index in [2.05, 4.69) is 20.7 Å². The third kappa shape index (κ3) is 4.61. The Balaban J connectivity index is 2.41. The van der Waals surface area contributed by atoms with Gasteiger partial charge < -0.3 is 4.74 Å². The van der Waals surface area contributed by atoms with Gasteiger partial charge in [-0.25, -0.2) is 0 Å². The van der Waals surface area contributed by atoms with Gasteiger partial charge in [0.25, 0.3) is 0 Å². The van der Waals surface area contributed by atoms with Crippen LogP contribution in [-0.2, 0) is 9.53 Å². The molecule has 3 nitrogen and oxygen atoms in total. The molecule has 0 saturated heterocycles. The normalized spacial score (nSPS) is 10.2. The number of benzene rings is 1. The Labute approximate surface area is 116 Å². The molecular formula is C14H17BrO3. The Bertz CT molecular complexity index is 441. The fourth-order valence-corrected chi connectivity index (χ4v) is 1.87. The molecule has 1 rings (SSSR count). The van der Waals surface area contributed by atoms with E-state index in [0.717, 1.165) is 15.6 Å². The Kier molecular flexibility index (Phi) is 6.05. The third-order valence-electron chi connectivity index (χ3n) is 2.74. The van der Waals surface area contributed by atoms with Crippen LogP contribution in [0.2, 0.25) is 0 Å². The minimum atomic E-state index is -0.220. The zero-order chi connectivity index (χ0) is 13.5. The van der Waals surface area contributed by atoms with Gasteiger partial charge in [0.1, 0.15) is 0 Å². The number of esters is 1. The van der Waals surface area contributed by atoms with E-state index in [1.54, 1.807) is 0 Å². The van der Waals surface area contributed by atoms with Gasteiger partial charge >= 0.3 is 5.97 Å². The molecule has 1 aromatic carbocycles. The highest BCUT2D eigenvalue weighted by molar-refractivity contribution is 9.10. The molecule has 0 aliphatic heterocycles. The van der Waals surface area contributed by atoms with Gasteiger partial charge in [0, 0.05) is 22.9 Å². The first-order valence-electron chi connectivity index (χ1n) is 5.90. The van der Waals surface area contributed by atoms with Crippen LogP contribution < -0.4 is 0 Å². The largest absolute Gasteiger partial charge is 0.469 e. The lowest BCUT2D eigenvalue weighted by Gasteiger charge is -2.04. The SMILES string of the molecule is COC(=O)CCCCC(=O)c1ccc(Br)c(C)c1. The molecule has 0 aliphatic rings. The topological polar surface area (TPSA) is 43.4 Å². The second-order valence-corrected chi connectivity index (χ2v) is 5.02. The van der Waals surface area contributed by atoms with Crippen LogP contribution in [0.4, 0.5) is 0 Å². The van der Waals surface area contributed by atoms with Gasteiger partial charge in [-0.3, -0.25) is 9.59 Å². The zero-order valence-corrected chi connectivity index (χ0v) is 12.2. The second kappa shape index (κ2) is 7.31. The van der Waals surface area contributed by atoms with Crippen molar-refractivity contribution in [2.45, 2.75) is 32.6 Å². The standard InChI is InChI=1S/C14H17BrO3/c1-10-9-11(7-8-12(10)15)13(16)5-3-4-6-14(17)18-2/h7-9H,3-6H2,1-2H3. The predicted molar refractivity (Wildman–Crippen MR) is 73.7 cm³/mol. The van der Waals surface area contributed by atoms with Crippen molar-refractivity contribution in [2.24, 2.45) is 0 Å². The van der Waals surface area contributed by atoms with Gasteiger partial charge in [-0.05, 0) is 37.5 Å². The van der Waals surface area contributed by atoms with Crippen LogP contribution in [-0.4, -0.2) is 18.9 Å². The fourth-order valence-electron chi connectivity index (χ4n) is 1.62. The maximum Gasteiger partial charge on any atom is 0.305 e. The number of Topliss-reactive ketones (excluding diaryl/α,β-unsaturated/α-hetero) is 1. The molecule has 0 heterocycles. The van der Waals surface area contributed by atoms with Crippen molar-refractivity contribution in [2.75, 3.05) is 7.11 Å². The molecule has 0 spiro atoms. The van der Waals surface area contributed by atoms with Gasteiger partial charge in [0.05, 0.1) is 7.11 Å². The Morgan fingerprint density at radius 3 is 2.50 bits per heavy atom. The lowest BCUT2D eigenvalue weighted by Crippen LogP contribution is -2.02. The summed E-state index contributed by atoms with van der Waals surface area (Å²) in [6, 6.07) is 5.59. The van der Waals surface area contributed by atoms with E-state index in [4.69, 9.17) is 0 Å². The Morgan fingerprint density at radius 2 is 1.89 bits per heavy atom. The van der Waals surface area contributed by atoms with Crippen LogP contribution in [0.3, 0.4) is 0 Å². The number of aryl methyl sites for hydroxylation is 1. The third-order valence-corrected chi connectivity index (χ3v) is 3.63. The van der Waals surface area contributed by atoms with E-state index in [1.807, 2.05) is 25.1 Å². The molecule has 0 bridgehead atoms. The summed E-state index contributed by atoms with van der Waals surface area (Å²) < 4.78 is 5.55. The minimum Gasteiger partial charge on any atom is -0.469 e. The van der Waals surface area contributed by atoms with E-state index in [9.17, 15) is 9.59 Å². The number of ketones is 1. The summed E-state index contributed by atoms with van der Waals surface area (Å²) >= 11 is 3.40. The molecule has 98 valence electrons. The van der Waals surface area contributed by atoms with Crippen LogP contribution >= 0.6 is 15.9 Å². The molecule has 0 unspecified atom stereocenters. The number of hydrogen-bond donors (Lipinski definition) is 0. The molecular weight excluding hydrogens is 296 g/mol. The summed E-state index contributed by atoms with van der Waals surface area (Å²) in [7, 11) is 1.37. The van der Waals surface area contributed by atoms with Crippen LogP contribution in [0.5, 0.6) is 0 Å². The molecule has 1 aromatic rings. The van der Waals surface area contributed by atoms with Gasteiger partial charge in [-0.1, -0.05) is 22.0 Å². The molecule has 0 fully saturated rings. The predicted octanol–water partition coefficient (Wildman–Crippen LogP) is 3.67. The number of ether oxygens (including phenoxy) is 1. The average molecular weight is 313 g/mol. The van der Waals surface area contributed by atoms with Gasteiger partial charge in [-0.2, -0.15) is 0 Å². The Morgan fingerprint density at radius 1 is 1.22 bits per heavy atom. The Hall–Kier alpha value is -1.16. The van der Waals surface area contributed by atoms with E-state index in [0.29, 0.717) is 25.7 Å². The summed E-state index contributed by atoms with van der Waals surface area (Å²) in [5, 5.41) is 0. The molecule has 0 atom stereocenters. The number of methoxy groups -OCH3 is 1. The van der Waals surface area contributed by atoms with E-state index < -0.39 is 0 Å². The summed E-state index contributed by atoms with van der Waals surface area (Å²) in [4.78, 5) is 22.8. The van der Waals surface area contributed by atoms with Gasteiger partial charge in [0.2, 0.25) is 0 Å². The number of halogens is 1. The van der Waals surface area contributed by atoms with Crippen molar-refractivity contribution in [3.63, 3.8) is 0 Å². The lowest BCUT2D eigenvalue weighted by molar-refractivity contribution is -0.140. The number of rotatable bonds is 6. The number of carbonyl (C=O) groups is 2. The lowest BCUT2D eigenvalue weighted by atomic mass is 10.0. The minimum absolute atomic E-state index is 0.121. The monoisotopic (exact) mass is 312 g/mol. The van der Waals surface area contributed by atoms with E-state index in [-0.39, 0.29) is 11.8 Å². The van der Waals surface area contributed by atoms with E-state index in [1.165, 1.54) is 7.11 Å². The highest BCUT2D eigenvalue weighted by Gasteiger charge is 2.08. The highest BCUT2D eigenvalue weighted by atomic mass is 79.9. The second-order valence-electron chi connectivity index (χ2n) is 4.17. The van der Waals surface area contributed by atoms with Crippen molar-refractivity contribution in [1.82, 2.24) is 0 Å². The van der Waals surface area contributed by atoms with Gasteiger partial charge in [-0.15, -0.1) is 0 Å². The maximum atomic E-state index is 11.9.